The molecule has 0 spiro atoms. The van der Waals surface area contributed by atoms with Crippen molar-refractivity contribution in [1.82, 2.24) is 4.98 Å². The number of fused-ring (bicyclic) bond motifs is 1. The Hall–Kier alpha value is -2.09. The molecule has 0 saturated heterocycles. The summed E-state index contributed by atoms with van der Waals surface area (Å²) >= 11 is 0. The summed E-state index contributed by atoms with van der Waals surface area (Å²) in [4.78, 5) is 4.15. The number of hydrogen-bond donors (Lipinski definition) is 0. The molecule has 1 heterocycles. The second-order valence-corrected chi connectivity index (χ2v) is 4.45. The molecule has 0 atom stereocenters. The SMILES string of the molecule is COc1cccc2c1/C(=C\c1cccnc1)CC2. The number of benzene rings is 1. The maximum Gasteiger partial charge on any atom is 0.126 e. The zero-order valence-electron chi connectivity index (χ0n) is 10.4. The van der Waals surface area contributed by atoms with Crippen molar-refractivity contribution in [3.8, 4) is 5.75 Å². The van der Waals surface area contributed by atoms with Gasteiger partial charge in [0, 0.05) is 18.0 Å². The van der Waals surface area contributed by atoms with Crippen LogP contribution in [0.2, 0.25) is 0 Å². The van der Waals surface area contributed by atoms with E-state index < -0.39 is 0 Å². The van der Waals surface area contributed by atoms with Gasteiger partial charge in [-0.05, 0) is 47.8 Å². The molecule has 0 N–H and O–H groups in total. The summed E-state index contributed by atoms with van der Waals surface area (Å²) in [6.07, 6.45) is 8.07. The highest BCUT2D eigenvalue weighted by Gasteiger charge is 2.19. The molecular weight excluding hydrogens is 222 g/mol. The zero-order chi connectivity index (χ0) is 12.4. The molecule has 0 saturated carbocycles. The van der Waals surface area contributed by atoms with Crippen molar-refractivity contribution < 1.29 is 4.74 Å². The molecule has 2 heteroatoms. The number of methoxy groups -OCH3 is 1. The summed E-state index contributed by atoms with van der Waals surface area (Å²) in [7, 11) is 1.73. The van der Waals surface area contributed by atoms with Gasteiger partial charge in [-0.15, -0.1) is 0 Å². The third-order valence-electron chi connectivity index (χ3n) is 3.34. The van der Waals surface area contributed by atoms with Gasteiger partial charge in [-0.1, -0.05) is 18.2 Å². The summed E-state index contributed by atoms with van der Waals surface area (Å²) in [5, 5.41) is 0. The van der Waals surface area contributed by atoms with Gasteiger partial charge in [0.25, 0.3) is 0 Å². The minimum absolute atomic E-state index is 0.972. The summed E-state index contributed by atoms with van der Waals surface area (Å²) < 4.78 is 5.47. The third kappa shape index (κ3) is 1.90. The number of aryl methyl sites for hydroxylation is 1. The lowest BCUT2D eigenvalue weighted by Crippen LogP contribution is -1.90. The highest BCUT2D eigenvalue weighted by molar-refractivity contribution is 5.87. The van der Waals surface area contributed by atoms with Crippen LogP contribution in [0.5, 0.6) is 5.75 Å². The van der Waals surface area contributed by atoms with Crippen LogP contribution in [0.3, 0.4) is 0 Å². The third-order valence-corrected chi connectivity index (χ3v) is 3.34. The highest BCUT2D eigenvalue weighted by atomic mass is 16.5. The number of ether oxygens (including phenoxy) is 1. The van der Waals surface area contributed by atoms with E-state index in [-0.39, 0.29) is 0 Å². The number of nitrogens with zero attached hydrogens (tertiary/aromatic N) is 1. The predicted octanol–water partition coefficient (Wildman–Crippen LogP) is 3.58. The number of aromatic nitrogens is 1. The fourth-order valence-electron chi connectivity index (χ4n) is 2.52. The quantitative estimate of drug-likeness (QED) is 0.796. The van der Waals surface area contributed by atoms with Crippen molar-refractivity contribution in [3.05, 3.63) is 59.4 Å². The molecule has 1 aromatic carbocycles. The summed E-state index contributed by atoms with van der Waals surface area (Å²) in [6, 6.07) is 10.3. The molecule has 0 fully saturated rings. The van der Waals surface area contributed by atoms with Crippen molar-refractivity contribution >= 4 is 11.6 Å². The topological polar surface area (TPSA) is 22.1 Å². The molecule has 18 heavy (non-hydrogen) atoms. The van der Waals surface area contributed by atoms with Crippen LogP contribution in [-0.2, 0) is 6.42 Å². The Labute approximate surface area is 107 Å². The van der Waals surface area contributed by atoms with E-state index in [9.17, 15) is 0 Å². The molecule has 2 nitrogen and oxygen atoms in total. The van der Waals surface area contributed by atoms with Crippen molar-refractivity contribution in [2.24, 2.45) is 0 Å². The molecule has 0 amide bonds. The van der Waals surface area contributed by atoms with Gasteiger partial charge in [-0.3, -0.25) is 4.98 Å². The maximum absolute atomic E-state index is 5.47. The molecule has 2 aromatic rings. The first-order valence-corrected chi connectivity index (χ1v) is 6.15. The Bertz CT molecular complexity index is 587. The van der Waals surface area contributed by atoms with Gasteiger partial charge in [0.15, 0.2) is 0 Å². The molecule has 0 unspecified atom stereocenters. The standard InChI is InChI=1S/C16H15NO/c1-18-15-6-2-5-13-7-8-14(16(13)15)10-12-4-3-9-17-11-12/h2-6,9-11H,7-8H2,1H3/b14-10-. The molecular formula is C16H15NO. The molecule has 0 bridgehead atoms. The number of hydrogen-bond acceptors (Lipinski definition) is 2. The van der Waals surface area contributed by atoms with Crippen molar-refractivity contribution in [2.45, 2.75) is 12.8 Å². The molecule has 0 aliphatic heterocycles. The molecule has 1 aliphatic carbocycles. The van der Waals surface area contributed by atoms with Gasteiger partial charge in [0.2, 0.25) is 0 Å². The van der Waals surface area contributed by atoms with Gasteiger partial charge in [-0.2, -0.15) is 0 Å². The van der Waals surface area contributed by atoms with Gasteiger partial charge in [0.05, 0.1) is 7.11 Å². The van der Waals surface area contributed by atoms with E-state index in [1.165, 1.54) is 16.7 Å². The Morgan fingerprint density at radius 1 is 1.17 bits per heavy atom. The monoisotopic (exact) mass is 237 g/mol. The average molecular weight is 237 g/mol. The van der Waals surface area contributed by atoms with E-state index >= 15 is 0 Å². The maximum atomic E-state index is 5.47. The lowest BCUT2D eigenvalue weighted by atomic mass is 10.0. The van der Waals surface area contributed by atoms with Gasteiger partial charge >= 0.3 is 0 Å². The van der Waals surface area contributed by atoms with Crippen LogP contribution in [0, 0.1) is 0 Å². The predicted molar refractivity (Wildman–Crippen MR) is 73.4 cm³/mol. The second-order valence-electron chi connectivity index (χ2n) is 4.45. The fourth-order valence-corrected chi connectivity index (χ4v) is 2.52. The van der Waals surface area contributed by atoms with E-state index in [2.05, 4.69) is 29.3 Å². The first-order valence-electron chi connectivity index (χ1n) is 6.15. The smallest absolute Gasteiger partial charge is 0.126 e. The number of rotatable bonds is 2. The van der Waals surface area contributed by atoms with Crippen molar-refractivity contribution in [3.63, 3.8) is 0 Å². The largest absolute Gasteiger partial charge is 0.496 e. The Kier molecular flexibility index (Phi) is 2.85. The minimum Gasteiger partial charge on any atom is -0.496 e. The average Bonchev–Trinajstić information content (AvgIpc) is 2.83. The van der Waals surface area contributed by atoms with Crippen LogP contribution in [0.25, 0.3) is 11.6 Å². The lowest BCUT2D eigenvalue weighted by Gasteiger charge is -2.08. The van der Waals surface area contributed by atoms with E-state index in [0.717, 1.165) is 24.2 Å². The first kappa shape index (κ1) is 11.0. The van der Waals surface area contributed by atoms with Crippen molar-refractivity contribution in [1.29, 1.82) is 0 Å². The lowest BCUT2D eigenvalue weighted by molar-refractivity contribution is 0.413. The summed E-state index contributed by atoms with van der Waals surface area (Å²) in [5.41, 5.74) is 5.13. The molecule has 90 valence electrons. The molecule has 1 aliphatic rings. The van der Waals surface area contributed by atoms with Crippen LogP contribution < -0.4 is 4.74 Å². The zero-order valence-corrected chi connectivity index (χ0v) is 10.4. The Balaban J connectivity index is 2.07. The summed E-state index contributed by atoms with van der Waals surface area (Å²) in [6.45, 7) is 0. The van der Waals surface area contributed by atoms with Crippen LogP contribution in [0.1, 0.15) is 23.1 Å². The minimum atomic E-state index is 0.972. The molecule has 1 aromatic heterocycles. The normalized spacial score (nSPS) is 15.7. The van der Waals surface area contributed by atoms with Crippen molar-refractivity contribution in [2.75, 3.05) is 7.11 Å². The van der Waals surface area contributed by atoms with E-state index in [1.807, 2.05) is 18.3 Å². The van der Waals surface area contributed by atoms with Crippen LogP contribution >= 0.6 is 0 Å². The van der Waals surface area contributed by atoms with Gasteiger partial charge in [-0.25, -0.2) is 0 Å². The van der Waals surface area contributed by atoms with E-state index in [4.69, 9.17) is 4.74 Å². The molecule has 3 rings (SSSR count). The van der Waals surface area contributed by atoms with Gasteiger partial charge < -0.3 is 4.74 Å². The summed E-state index contributed by atoms with van der Waals surface area (Å²) in [5.74, 6) is 0.972. The van der Waals surface area contributed by atoms with Crippen LogP contribution in [-0.4, -0.2) is 12.1 Å². The van der Waals surface area contributed by atoms with Crippen LogP contribution in [0.15, 0.2) is 42.7 Å². The Morgan fingerprint density at radius 2 is 2.11 bits per heavy atom. The highest BCUT2D eigenvalue weighted by Crippen LogP contribution is 2.39. The van der Waals surface area contributed by atoms with E-state index in [0.29, 0.717) is 0 Å². The van der Waals surface area contributed by atoms with Gasteiger partial charge in [0.1, 0.15) is 5.75 Å². The van der Waals surface area contributed by atoms with Crippen LogP contribution in [0.4, 0.5) is 0 Å². The fraction of sp³-hybridized carbons (Fsp3) is 0.188. The Morgan fingerprint density at radius 3 is 2.89 bits per heavy atom. The number of pyridine rings is 1. The first-order chi connectivity index (χ1) is 8.88. The second kappa shape index (κ2) is 4.65. The number of allylic oxidation sites excluding steroid dienone is 1. The van der Waals surface area contributed by atoms with E-state index in [1.54, 1.807) is 13.3 Å². The molecule has 0 radical (unpaired) electrons.